The summed E-state index contributed by atoms with van der Waals surface area (Å²) in [7, 11) is 3.32. The van der Waals surface area contributed by atoms with Crippen LogP contribution in [0.2, 0.25) is 0 Å². The molecule has 0 saturated heterocycles. The minimum Gasteiger partial charge on any atom is -0.383 e. The van der Waals surface area contributed by atoms with Crippen LogP contribution in [-0.4, -0.2) is 42.9 Å². The van der Waals surface area contributed by atoms with Gasteiger partial charge in [-0.15, -0.1) is 0 Å². The number of nitrogens with zero attached hydrogens (tertiary/aromatic N) is 3. The molecule has 90 valence electrons. The van der Waals surface area contributed by atoms with E-state index in [2.05, 4.69) is 4.98 Å². The van der Waals surface area contributed by atoms with Gasteiger partial charge in [-0.25, -0.2) is 4.98 Å². The molecular weight excluding hydrogens is 208 g/mol. The summed E-state index contributed by atoms with van der Waals surface area (Å²) in [6.07, 6.45) is 3.23. The van der Waals surface area contributed by atoms with Gasteiger partial charge in [0.05, 0.1) is 6.61 Å². The van der Waals surface area contributed by atoms with E-state index in [1.807, 2.05) is 4.90 Å². The van der Waals surface area contributed by atoms with E-state index in [9.17, 15) is 4.79 Å². The van der Waals surface area contributed by atoms with Gasteiger partial charge in [0.2, 0.25) is 0 Å². The predicted molar refractivity (Wildman–Crippen MR) is 62.6 cm³/mol. The van der Waals surface area contributed by atoms with Crippen LogP contribution in [0.1, 0.15) is 0 Å². The highest BCUT2D eigenvalue weighted by molar-refractivity contribution is 5.35. The van der Waals surface area contributed by atoms with Crippen molar-refractivity contribution in [3.05, 3.63) is 22.7 Å². The van der Waals surface area contributed by atoms with Crippen LogP contribution in [0.15, 0.2) is 17.2 Å². The molecule has 0 spiro atoms. The number of hydrogen-bond donors (Lipinski definition) is 1. The van der Waals surface area contributed by atoms with Crippen LogP contribution >= 0.6 is 0 Å². The molecule has 0 amide bonds. The van der Waals surface area contributed by atoms with Gasteiger partial charge in [-0.05, 0) is 0 Å². The fourth-order valence-electron chi connectivity index (χ4n) is 1.38. The smallest absolute Gasteiger partial charge is 0.293 e. The molecule has 1 aromatic heterocycles. The summed E-state index contributed by atoms with van der Waals surface area (Å²) < 4.78 is 6.49. The number of anilines is 1. The SMILES string of the molecule is COCCN(CCN)c1nccn(C)c1=O. The first-order chi connectivity index (χ1) is 7.70. The van der Waals surface area contributed by atoms with Gasteiger partial charge < -0.3 is 19.9 Å². The summed E-state index contributed by atoms with van der Waals surface area (Å²) in [5.74, 6) is 0.424. The summed E-state index contributed by atoms with van der Waals surface area (Å²) in [6, 6.07) is 0. The number of methoxy groups -OCH3 is 1. The van der Waals surface area contributed by atoms with Crippen LogP contribution in [-0.2, 0) is 11.8 Å². The number of rotatable bonds is 6. The zero-order chi connectivity index (χ0) is 12.0. The average Bonchev–Trinajstić information content (AvgIpc) is 2.28. The van der Waals surface area contributed by atoms with Crippen molar-refractivity contribution < 1.29 is 4.74 Å². The maximum absolute atomic E-state index is 11.8. The first kappa shape index (κ1) is 12.7. The van der Waals surface area contributed by atoms with Gasteiger partial charge >= 0.3 is 0 Å². The standard InChI is InChI=1S/C10H18N4O2/c1-13-6-4-12-9(10(13)15)14(5-3-11)7-8-16-2/h4,6H,3,5,7-8,11H2,1-2H3. The van der Waals surface area contributed by atoms with Gasteiger partial charge in [0.1, 0.15) is 0 Å². The van der Waals surface area contributed by atoms with E-state index in [4.69, 9.17) is 10.5 Å². The summed E-state index contributed by atoms with van der Waals surface area (Å²) in [6.45, 7) is 2.22. The normalized spacial score (nSPS) is 10.4. The second kappa shape index (κ2) is 6.24. The molecule has 0 bridgehead atoms. The molecular formula is C10H18N4O2. The van der Waals surface area contributed by atoms with Crippen molar-refractivity contribution in [2.45, 2.75) is 0 Å². The number of aromatic nitrogens is 2. The minimum absolute atomic E-state index is 0.118. The van der Waals surface area contributed by atoms with Crippen LogP contribution in [0.5, 0.6) is 0 Å². The molecule has 1 rings (SSSR count). The Kier molecular flexibility index (Phi) is 4.94. The summed E-state index contributed by atoms with van der Waals surface area (Å²) in [5.41, 5.74) is 5.39. The summed E-state index contributed by atoms with van der Waals surface area (Å²) >= 11 is 0. The van der Waals surface area contributed by atoms with Crippen LogP contribution in [0, 0.1) is 0 Å². The van der Waals surface area contributed by atoms with Crippen molar-refractivity contribution in [2.24, 2.45) is 12.8 Å². The van der Waals surface area contributed by atoms with Gasteiger partial charge in [0.15, 0.2) is 5.82 Å². The maximum Gasteiger partial charge on any atom is 0.293 e. The van der Waals surface area contributed by atoms with Gasteiger partial charge in [-0.3, -0.25) is 4.79 Å². The zero-order valence-corrected chi connectivity index (χ0v) is 9.72. The molecule has 6 heteroatoms. The third kappa shape index (κ3) is 3.04. The molecule has 16 heavy (non-hydrogen) atoms. The molecule has 0 unspecified atom stereocenters. The molecule has 0 radical (unpaired) electrons. The first-order valence-corrected chi connectivity index (χ1v) is 5.16. The highest BCUT2D eigenvalue weighted by Gasteiger charge is 2.11. The van der Waals surface area contributed by atoms with Crippen molar-refractivity contribution in [2.75, 3.05) is 38.3 Å². The Labute approximate surface area is 94.6 Å². The Morgan fingerprint density at radius 2 is 2.31 bits per heavy atom. The number of hydrogen-bond acceptors (Lipinski definition) is 5. The van der Waals surface area contributed by atoms with Crippen molar-refractivity contribution in [1.82, 2.24) is 9.55 Å². The van der Waals surface area contributed by atoms with Crippen molar-refractivity contribution in [3.8, 4) is 0 Å². The maximum atomic E-state index is 11.8. The van der Waals surface area contributed by atoms with E-state index in [0.717, 1.165) is 0 Å². The largest absolute Gasteiger partial charge is 0.383 e. The number of ether oxygens (including phenoxy) is 1. The molecule has 0 fully saturated rings. The van der Waals surface area contributed by atoms with Crippen molar-refractivity contribution in [3.63, 3.8) is 0 Å². The zero-order valence-electron chi connectivity index (χ0n) is 9.72. The third-order valence-corrected chi connectivity index (χ3v) is 2.26. The molecule has 2 N–H and O–H groups in total. The lowest BCUT2D eigenvalue weighted by Crippen LogP contribution is -2.38. The van der Waals surface area contributed by atoms with Gasteiger partial charge in [-0.1, -0.05) is 0 Å². The lowest BCUT2D eigenvalue weighted by Gasteiger charge is -2.21. The molecule has 1 heterocycles. The van der Waals surface area contributed by atoms with Crippen molar-refractivity contribution in [1.29, 1.82) is 0 Å². The van der Waals surface area contributed by atoms with Gasteiger partial charge in [0.25, 0.3) is 5.56 Å². The summed E-state index contributed by atoms with van der Waals surface area (Å²) in [4.78, 5) is 17.8. The van der Waals surface area contributed by atoms with Crippen molar-refractivity contribution >= 4 is 5.82 Å². The molecule has 0 aliphatic heterocycles. The van der Waals surface area contributed by atoms with Crippen LogP contribution in [0.25, 0.3) is 0 Å². The van der Waals surface area contributed by atoms with Crippen LogP contribution < -0.4 is 16.2 Å². The molecule has 0 saturated carbocycles. The highest BCUT2D eigenvalue weighted by atomic mass is 16.5. The average molecular weight is 226 g/mol. The second-order valence-corrected chi connectivity index (χ2v) is 3.44. The Balaban J connectivity index is 2.91. The minimum atomic E-state index is -0.118. The summed E-state index contributed by atoms with van der Waals surface area (Å²) in [5, 5.41) is 0. The number of aryl methyl sites for hydroxylation is 1. The van der Waals surface area contributed by atoms with Gasteiger partial charge in [0, 0.05) is 46.2 Å². The van der Waals surface area contributed by atoms with E-state index in [0.29, 0.717) is 32.1 Å². The molecule has 0 atom stereocenters. The molecule has 0 aliphatic rings. The lowest BCUT2D eigenvalue weighted by molar-refractivity contribution is 0.205. The Morgan fingerprint density at radius 1 is 1.56 bits per heavy atom. The highest BCUT2D eigenvalue weighted by Crippen LogP contribution is 2.01. The van der Waals surface area contributed by atoms with Crippen LogP contribution in [0.3, 0.4) is 0 Å². The van der Waals surface area contributed by atoms with Gasteiger partial charge in [-0.2, -0.15) is 0 Å². The Bertz CT molecular complexity index is 377. The second-order valence-electron chi connectivity index (χ2n) is 3.44. The van der Waals surface area contributed by atoms with E-state index in [1.165, 1.54) is 4.57 Å². The molecule has 6 nitrogen and oxygen atoms in total. The fraction of sp³-hybridized carbons (Fsp3) is 0.600. The molecule has 0 aliphatic carbocycles. The van der Waals surface area contributed by atoms with Crippen LogP contribution in [0.4, 0.5) is 5.82 Å². The predicted octanol–water partition coefficient (Wildman–Crippen LogP) is -0.808. The Morgan fingerprint density at radius 3 is 2.94 bits per heavy atom. The molecule has 1 aromatic rings. The Hall–Kier alpha value is -1.40. The van der Waals surface area contributed by atoms with E-state index in [-0.39, 0.29) is 5.56 Å². The molecule has 0 aromatic carbocycles. The van der Waals surface area contributed by atoms with E-state index < -0.39 is 0 Å². The fourth-order valence-corrected chi connectivity index (χ4v) is 1.38. The first-order valence-electron chi connectivity index (χ1n) is 5.16. The van der Waals surface area contributed by atoms with E-state index >= 15 is 0 Å². The number of nitrogens with two attached hydrogens (primary N) is 1. The monoisotopic (exact) mass is 226 g/mol. The van der Waals surface area contributed by atoms with E-state index in [1.54, 1.807) is 26.6 Å². The quantitative estimate of drug-likeness (QED) is 0.687. The lowest BCUT2D eigenvalue weighted by atomic mass is 10.4. The third-order valence-electron chi connectivity index (χ3n) is 2.26. The topological polar surface area (TPSA) is 73.4 Å².